The fourth-order valence-corrected chi connectivity index (χ4v) is 7.03. The average Bonchev–Trinajstić information content (AvgIpc) is 3.20. The van der Waals surface area contributed by atoms with Crippen molar-refractivity contribution in [1.29, 1.82) is 0 Å². The van der Waals surface area contributed by atoms with Crippen molar-refractivity contribution in [3.63, 3.8) is 0 Å². The van der Waals surface area contributed by atoms with Crippen molar-refractivity contribution in [1.82, 2.24) is 15.0 Å². The molecule has 178 valence electrons. The second-order valence-electron chi connectivity index (χ2n) is 9.45. The van der Waals surface area contributed by atoms with Crippen LogP contribution in [0.5, 0.6) is 5.75 Å². The van der Waals surface area contributed by atoms with Gasteiger partial charge >= 0.3 is 0 Å². The van der Waals surface area contributed by atoms with Crippen molar-refractivity contribution in [2.75, 3.05) is 13.4 Å². The molecule has 4 aromatic rings. The third kappa shape index (κ3) is 4.41. The molecule has 3 aromatic heterocycles. The molecule has 0 bridgehead atoms. The fourth-order valence-electron chi connectivity index (χ4n) is 4.39. The minimum atomic E-state index is -0.203. The van der Waals surface area contributed by atoms with Crippen molar-refractivity contribution in [3.8, 4) is 5.75 Å². The maximum atomic E-state index is 6.21. The Morgan fingerprint density at radius 1 is 1.12 bits per heavy atom. The first kappa shape index (κ1) is 23.9. The molecule has 0 fully saturated rings. The third-order valence-corrected chi connectivity index (χ3v) is 8.94. The number of hydrogen-bond donors (Lipinski definition) is 0. The molecule has 5 nitrogen and oxygen atoms in total. The number of nitrogens with zero attached hydrogens (tertiary/aromatic N) is 3. The van der Waals surface area contributed by atoms with E-state index in [4.69, 9.17) is 24.4 Å². The molecular weight excluding hydrogens is 483 g/mol. The molecule has 0 spiro atoms. The smallest absolute Gasteiger partial charge is 0.189 e. The maximum absolute atomic E-state index is 6.21. The van der Waals surface area contributed by atoms with Gasteiger partial charge in [0.1, 0.15) is 15.6 Å². The van der Waals surface area contributed by atoms with Gasteiger partial charge in [0.25, 0.3) is 0 Å². The number of thiophene rings is 1. The lowest BCUT2D eigenvalue weighted by Crippen LogP contribution is -2.32. The van der Waals surface area contributed by atoms with Crippen LogP contribution in [0.4, 0.5) is 0 Å². The highest BCUT2D eigenvalue weighted by atomic mass is 32.2. The Kier molecular flexibility index (Phi) is 6.52. The quantitative estimate of drug-likeness (QED) is 0.154. The lowest BCUT2D eigenvalue weighted by molar-refractivity contribution is -0.0402. The molecule has 0 N–H and O–H groups in total. The fraction of sp³-hybridized carbons (Fsp3) is 0.423. The third-order valence-electron chi connectivity index (χ3n) is 6.13. The van der Waals surface area contributed by atoms with Gasteiger partial charge in [0.2, 0.25) is 0 Å². The molecule has 1 aliphatic heterocycles. The summed E-state index contributed by atoms with van der Waals surface area (Å²) in [6, 6.07) is 8.23. The summed E-state index contributed by atoms with van der Waals surface area (Å²) in [5, 5.41) is 3.02. The van der Waals surface area contributed by atoms with Crippen LogP contribution in [0.15, 0.2) is 34.4 Å². The molecule has 5 rings (SSSR count). The van der Waals surface area contributed by atoms with Gasteiger partial charge < -0.3 is 9.47 Å². The predicted octanol–water partition coefficient (Wildman–Crippen LogP) is 7.24. The summed E-state index contributed by atoms with van der Waals surface area (Å²) in [7, 11) is 1.69. The van der Waals surface area contributed by atoms with Gasteiger partial charge in [0.15, 0.2) is 5.16 Å². The van der Waals surface area contributed by atoms with E-state index in [-0.39, 0.29) is 5.60 Å². The number of thioether (sulfide) groups is 2. The monoisotopic (exact) mass is 511 g/mol. The van der Waals surface area contributed by atoms with E-state index in [1.54, 1.807) is 42.0 Å². The predicted molar refractivity (Wildman–Crippen MR) is 144 cm³/mol. The highest BCUT2D eigenvalue weighted by Gasteiger charge is 2.32. The SMILES string of the molecule is COc1ccc(CSc2nc(SC)nc3c2sc2nc(C(C)C)c4c(c23)CC(C)(C)OC4)cc1. The molecule has 0 amide bonds. The number of methoxy groups -OCH3 is 1. The summed E-state index contributed by atoms with van der Waals surface area (Å²) >= 11 is 5.08. The molecule has 0 aliphatic carbocycles. The molecule has 4 heterocycles. The topological polar surface area (TPSA) is 57.1 Å². The van der Waals surface area contributed by atoms with Gasteiger partial charge in [-0.05, 0) is 49.3 Å². The lowest BCUT2D eigenvalue weighted by atomic mass is 9.87. The number of pyridine rings is 1. The van der Waals surface area contributed by atoms with Gasteiger partial charge in [-0.3, -0.25) is 0 Å². The van der Waals surface area contributed by atoms with E-state index in [0.29, 0.717) is 12.5 Å². The van der Waals surface area contributed by atoms with Crippen LogP contribution in [0.25, 0.3) is 20.4 Å². The van der Waals surface area contributed by atoms with Crippen LogP contribution in [0.2, 0.25) is 0 Å². The van der Waals surface area contributed by atoms with E-state index in [1.807, 2.05) is 18.4 Å². The zero-order chi connectivity index (χ0) is 24.0. The summed E-state index contributed by atoms with van der Waals surface area (Å²) in [5.74, 6) is 2.04. The second kappa shape index (κ2) is 9.30. The summed E-state index contributed by atoms with van der Waals surface area (Å²) < 4.78 is 12.6. The standard InChI is InChI=1S/C26H29N3O2S3/c1-14(2)20-18-12-31-26(3,4)11-17(18)19-21-22(34-23(19)27-20)24(29-25(28-21)32-6)33-13-15-7-9-16(30-5)10-8-15/h7-10,14H,11-13H2,1-6H3. The van der Waals surface area contributed by atoms with Gasteiger partial charge in [0.05, 0.1) is 35.2 Å². The van der Waals surface area contributed by atoms with Gasteiger partial charge in [-0.25, -0.2) is 15.0 Å². The molecule has 0 radical (unpaired) electrons. The van der Waals surface area contributed by atoms with Crippen LogP contribution in [0, 0.1) is 0 Å². The number of ether oxygens (including phenoxy) is 2. The molecule has 1 aromatic carbocycles. The van der Waals surface area contributed by atoms with Crippen LogP contribution < -0.4 is 4.74 Å². The normalized spacial score (nSPS) is 15.3. The Labute approximate surface area is 213 Å². The van der Waals surface area contributed by atoms with Crippen molar-refractivity contribution < 1.29 is 9.47 Å². The van der Waals surface area contributed by atoms with Crippen LogP contribution >= 0.6 is 34.9 Å². The minimum absolute atomic E-state index is 0.203. The summed E-state index contributed by atoms with van der Waals surface area (Å²) in [5.41, 5.74) is 5.82. The number of benzene rings is 1. The molecule has 0 saturated heterocycles. The first-order valence-electron chi connectivity index (χ1n) is 11.4. The zero-order valence-corrected chi connectivity index (χ0v) is 22.8. The number of hydrogen-bond acceptors (Lipinski definition) is 8. The van der Waals surface area contributed by atoms with Crippen molar-refractivity contribution >= 4 is 55.3 Å². The molecule has 1 aliphatic rings. The molecule has 0 unspecified atom stereocenters. The van der Waals surface area contributed by atoms with Crippen molar-refractivity contribution in [2.45, 2.75) is 68.2 Å². The highest BCUT2D eigenvalue weighted by Crippen LogP contribution is 2.44. The van der Waals surface area contributed by atoms with Crippen LogP contribution in [-0.4, -0.2) is 33.9 Å². The maximum Gasteiger partial charge on any atom is 0.189 e. The molecule has 8 heteroatoms. The van der Waals surface area contributed by atoms with E-state index in [0.717, 1.165) is 48.8 Å². The summed E-state index contributed by atoms with van der Waals surface area (Å²) in [6.45, 7) is 9.37. The van der Waals surface area contributed by atoms with Crippen molar-refractivity contribution in [2.24, 2.45) is 0 Å². The number of fused-ring (bicyclic) bond motifs is 5. The Bertz CT molecular complexity index is 1360. The number of rotatable bonds is 6. The van der Waals surface area contributed by atoms with Gasteiger partial charge in [-0.2, -0.15) is 0 Å². The average molecular weight is 512 g/mol. The Hall–Kier alpha value is -1.87. The Balaban J connectivity index is 1.66. The van der Waals surface area contributed by atoms with Crippen LogP contribution in [0.1, 0.15) is 56.0 Å². The van der Waals surface area contributed by atoms with Gasteiger partial charge in [0, 0.05) is 23.1 Å². The van der Waals surface area contributed by atoms with E-state index >= 15 is 0 Å². The molecule has 0 saturated carbocycles. The van der Waals surface area contributed by atoms with Crippen LogP contribution in [-0.2, 0) is 23.5 Å². The van der Waals surface area contributed by atoms with Gasteiger partial charge in [-0.1, -0.05) is 37.7 Å². The van der Waals surface area contributed by atoms with E-state index in [9.17, 15) is 0 Å². The summed E-state index contributed by atoms with van der Waals surface area (Å²) in [4.78, 5) is 16.1. The molecule has 34 heavy (non-hydrogen) atoms. The van der Waals surface area contributed by atoms with Crippen LogP contribution in [0.3, 0.4) is 0 Å². The van der Waals surface area contributed by atoms with Gasteiger partial charge in [-0.15, -0.1) is 23.1 Å². The number of aromatic nitrogens is 3. The first-order chi connectivity index (χ1) is 16.3. The highest BCUT2D eigenvalue weighted by molar-refractivity contribution is 7.99. The molecule has 0 atom stereocenters. The largest absolute Gasteiger partial charge is 0.497 e. The molecular formula is C26H29N3O2S3. The van der Waals surface area contributed by atoms with E-state index in [2.05, 4.69) is 39.8 Å². The first-order valence-corrected chi connectivity index (χ1v) is 14.4. The van der Waals surface area contributed by atoms with E-state index < -0.39 is 0 Å². The van der Waals surface area contributed by atoms with E-state index in [1.165, 1.54) is 22.1 Å². The lowest BCUT2D eigenvalue weighted by Gasteiger charge is -2.33. The second-order valence-corrected chi connectivity index (χ2v) is 12.2. The zero-order valence-electron chi connectivity index (χ0n) is 20.4. The Morgan fingerprint density at radius 2 is 1.88 bits per heavy atom. The summed E-state index contributed by atoms with van der Waals surface area (Å²) in [6.07, 6.45) is 2.90. The Morgan fingerprint density at radius 3 is 2.56 bits per heavy atom. The minimum Gasteiger partial charge on any atom is -0.497 e. The van der Waals surface area contributed by atoms with Crippen molar-refractivity contribution in [3.05, 3.63) is 46.6 Å².